The fourth-order valence-corrected chi connectivity index (χ4v) is 4.53. The summed E-state index contributed by atoms with van der Waals surface area (Å²) in [5, 5.41) is 12.2. The van der Waals surface area contributed by atoms with Crippen LogP contribution in [0.15, 0.2) is 41.3 Å². The van der Waals surface area contributed by atoms with Gasteiger partial charge in [-0.3, -0.25) is 0 Å². The van der Waals surface area contributed by atoms with Gasteiger partial charge >= 0.3 is 0 Å². The fraction of sp³-hybridized carbons (Fsp3) is 0.261. The Morgan fingerprint density at radius 2 is 1.79 bits per heavy atom. The van der Waals surface area contributed by atoms with E-state index < -0.39 is 0 Å². The van der Waals surface area contributed by atoms with E-state index in [-0.39, 0.29) is 0 Å². The smallest absolute Gasteiger partial charge is 0.238 e. The Kier molecular flexibility index (Phi) is 5.41. The average Bonchev–Trinajstić information content (AvgIpc) is 2.71. The minimum Gasteiger partial charge on any atom is -0.437 e. The molecule has 6 heteroatoms. The summed E-state index contributed by atoms with van der Waals surface area (Å²) >= 11 is 1.76. The first-order valence-electron chi connectivity index (χ1n) is 9.60. The summed E-state index contributed by atoms with van der Waals surface area (Å²) in [5.74, 6) is 3.01. The van der Waals surface area contributed by atoms with E-state index in [4.69, 9.17) is 20.0 Å². The summed E-state index contributed by atoms with van der Waals surface area (Å²) in [6.45, 7) is 6.21. The molecule has 2 aromatic carbocycles. The Hall–Kier alpha value is -3.04. The Labute approximate surface area is 175 Å². The molecule has 29 heavy (non-hydrogen) atoms. The Balaban J connectivity index is 1.71. The van der Waals surface area contributed by atoms with Crippen molar-refractivity contribution in [2.45, 2.75) is 38.5 Å². The number of anilines is 2. The van der Waals surface area contributed by atoms with E-state index >= 15 is 0 Å². The first-order chi connectivity index (χ1) is 14.0. The largest absolute Gasteiger partial charge is 0.437 e. The van der Waals surface area contributed by atoms with E-state index in [0.717, 1.165) is 51.7 Å². The van der Waals surface area contributed by atoms with Crippen molar-refractivity contribution < 1.29 is 4.74 Å². The van der Waals surface area contributed by atoms with Crippen LogP contribution in [0.2, 0.25) is 0 Å². The van der Waals surface area contributed by atoms with E-state index in [1.807, 2.05) is 12.1 Å². The van der Waals surface area contributed by atoms with E-state index in [1.54, 1.807) is 23.9 Å². The van der Waals surface area contributed by atoms with Crippen LogP contribution in [0.5, 0.6) is 11.6 Å². The number of aryl methyl sites for hydroxylation is 4. The predicted octanol–water partition coefficient (Wildman–Crippen LogP) is 5.85. The number of rotatable bonds is 4. The van der Waals surface area contributed by atoms with Gasteiger partial charge in [0.1, 0.15) is 5.75 Å². The molecule has 3 aromatic rings. The first-order valence-corrected chi connectivity index (χ1v) is 10.6. The van der Waals surface area contributed by atoms with Crippen molar-refractivity contribution in [2.24, 2.45) is 0 Å². The highest BCUT2D eigenvalue weighted by molar-refractivity contribution is 7.99. The Morgan fingerprint density at radius 1 is 1.07 bits per heavy atom. The molecule has 0 unspecified atom stereocenters. The molecule has 0 bridgehead atoms. The minimum atomic E-state index is 0.508. The Bertz CT molecular complexity index is 1080. The molecule has 0 spiro atoms. The van der Waals surface area contributed by atoms with Crippen molar-refractivity contribution in [1.82, 2.24) is 9.97 Å². The van der Waals surface area contributed by atoms with Gasteiger partial charge in [0.05, 0.1) is 22.2 Å². The van der Waals surface area contributed by atoms with Crippen LogP contribution in [0, 0.1) is 32.1 Å². The van der Waals surface area contributed by atoms with Gasteiger partial charge in [-0.05, 0) is 74.8 Å². The number of nitrogens with zero attached hydrogens (tertiary/aromatic N) is 3. The van der Waals surface area contributed by atoms with Gasteiger partial charge in [0.15, 0.2) is 0 Å². The number of fused-ring (bicyclic) bond motifs is 1. The van der Waals surface area contributed by atoms with E-state index in [9.17, 15) is 0 Å². The standard InChI is InChI=1S/C23H22N4OS/c1-14-11-15(2)20(16(3)12-14)28-22-21-19(5-4-10-29-21)26-23(27-22)25-18-8-6-17(13-24)7-9-18/h6-9,11-12H,4-5,10H2,1-3H3,(H,25,26,27). The van der Waals surface area contributed by atoms with E-state index in [1.165, 1.54) is 5.56 Å². The second kappa shape index (κ2) is 8.14. The molecule has 1 aliphatic rings. The number of ether oxygens (including phenoxy) is 1. The van der Waals surface area contributed by atoms with Crippen molar-refractivity contribution in [3.05, 3.63) is 64.3 Å². The summed E-state index contributed by atoms with van der Waals surface area (Å²) in [6, 6.07) is 13.6. The molecule has 0 aliphatic carbocycles. The molecular weight excluding hydrogens is 380 g/mol. The van der Waals surface area contributed by atoms with Crippen LogP contribution in [-0.2, 0) is 6.42 Å². The molecule has 146 valence electrons. The zero-order chi connectivity index (χ0) is 20.4. The van der Waals surface area contributed by atoms with Crippen molar-refractivity contribution in [2.75, 3.05) is 11.1 Å². The summed E-state index contributed by atoms with van der Waals surface area (Å²) in [6.07, 6.45) is 2.00. The molecule has 1 aliphatic heterocycles. The topological polar surface area (TPSA) is 70.8 Å². The number of hydrogen-bond acceptors (Lipinski definition) is 6. The van der Waals surface area contributed by atoms with Gasteiger partial charge in [-0.25, -0.2) is 4.98 Å². The molecule has 0 atom stereocenters. The number of thioether (sulfide) groups is 1. The summed E-state index contributed by atoms with van der Waals surface area (Å²) in [7, 11) is 0. The quantitative estimate of drug-likeness (QED) is 0.590. The van der Waals surface area contributed by atoms with Crippen LogP contribution >= 0.6 is 11.8 Å². The maximum atomic E-state index is 8.98. The number of nitriles is 1. The lowest BCUT2D eigenvalue weighted by molar-refractivity contribution is 0.440. The molecule has 0 amide bonds. The first kappa shape index (κ1) is 19.3. The highest BCUT2D eigenvalue weighted by Crippen LogP contribution is 2.40. The SMILES string of the molecule is Cc1cc(C)c(Oc2nc(Nc3ccc(C#N)cc3)nc3c2SCCC3)c(C)c1. The lowest BCUT2D eigenvalue weighted by atomic mass is 10.1. The van der Waals surface area contributed by atoms with Crippen molar-refractivity contribution in [3.8, 4) is 17.7 Å². The van der Waals surface area contributed by atoms with Gasteiger partial charge in [-0.15, -0.1) is 11.8 Å². The molecule has 0 saturated heterocycles. The van der Waals surface area contributed by atoms with Crippen LogP contribution in [-0.4, -0.2) is 15.7 Å². The molecule has 0 fully saturated rings. The Morgan fingerprint density at radius 3 is 2.48 bits per heavy atom. The predicted molar refractivity (Wildman–Crippen MR) is 116 cm³/mol. The summed E-state index contributed by atoms with van der Waals surface area (Å²) < 4.78 is 6.35. The number of nitrogens with one attached hydrogen (secondary N) is 1. The molecule has 2 heterocycles. The summed E-state index contributed by atoms with van der Waals surface area (Å²) in [5.41, 5.74) is 5.88. The lowest BCUT2D eigenvalue weighted by Crippen LogP contribution is -2.09. The normalized spacial score (nSPS) is 12.8. The second-order valence-corrected chi connectivity index (χ2v) is 8.33. The maximum absolute atomic E-state index is 8.98. The molecular formula is C23H22N4OS. The van der Waals surface area contributed by atoms with Crippen molar-refractivity contribution in [3.63, 3.8) is 0 Å². The third-order valence-electron chi connectivity index (χ3n) is 4.78. The highest BCUT2D eigenvalue weighted by Gasteiger charge is 2.21. The zero-order valence-corrected chi connectivity index (χ0v) is 17.6. The van der Waals surface area contributed by atoms with Crippen LogP contribution in [0.4, 0.5) is 11.6 Å². The molecule has 5 nitrogen and oxygen atoms in total. The van der Waals surface area contributed by atoms with Gasteiger partial charge < -0.3 is 10.1 Å². The van der Waals surface area contributed by atoms with Crippen molar-refractivity contribution >= 4 is 23.4 Å². The molecule has 1 aromatic heterocycles. The minimum absolute atomic E-state index is 0.508. The lowest BCUT2D eigenvalue weighted by Gasteiger charge is -2.20. The molecule has 1 N–H and O–H groups in total. The van der Waals surface area contributed by atoms with Gasteiger partial charge in [0.2, 0.25) is 11.8 Å². The second-order valence-electron chi connectivity index (χ2n) is 7.22. The average molecular weight is 403 g/mol. The van der Waals surface area contributed by atoms with Gasteiger partial charge in [0.25, 0.3) is 0 Å². The third-order valence-corrected chi connectivity index (χ3v) is 5.97. The number of hydrogen-bond donors (Lipinski definition) is 1. The van der Waals surface area contributed by atoms with Crippen LogP contribution in [0.1, 0.15) is 34.4 Å². The fourth-order valence-electron chi connectivity index (χ4n) is 3.51. The monoisotopic (exact) mass is 402 g/mol. The molecule has 4 rings (SSSR count). The van der Waals surface area contributed by atoms with Gasteiger partial charge in [0, 0.05) is 5.69 Å². The highest BCUT2D eigenvalue weighted by atomic mass is 32.2. The summed E-state index contributed by atoms with van der Waals surface area (Å²) in [4.78, 5) is 10.4. The third kappa shape index (κ3) is 4.20. The van der Waals surface area contributed by atoms with Gasteiger partial charge in [-0.2, -0.15) is 10.2 Å². The maximum Gasteiger partial charge on any atom is 0.238 e. The number of benzene rings is 2. The zero-order valence-electron chi connectivity index (χ0n) is 16.7. The van der Waals surface area contributed by atoms with Crippen LogP contribution in [0.25, 0.3) is 0 Å². The van der Waals surface area contributed by atoms with Crippen molar-refractivity contribution in [1.29, 1.82) is 5.26 Å². The van der Waals surface area contributed by atoms with Crippen LogP contribution < -0.4 is 10.1 Å². The molecule has 0 saturated carbocycles. The van der Waals surface area contributed by atoms with Gasteiger partial charge in [-0.1, -0.05) is 17.7 Å². The van der Waals surface area contributed by atoms with E-state index in [0.29, 0.717) is 17.4 Å². The van der Waals surface area contributed by atoms with Crippen LogP contribution in [0.3, 0.4) is 0 Å². The molecule has 0 radical (unpaired) electrons. The van der Waals surface area contributed by atoms with E-state index in [2.05, 4.69) is 44.3 Å². The number of aromatic nitrogens is 2.